The van der Waals surface area contributed by atoms with Crippen molar-refractivity contribution >= 4 is 38.9 Å². The normalized spacial score (nSPS) is 14.4. The van der Waals surface area contributed by atoms with Crippen LogP contribution in [0.3, 0.4) is 0 Å². The molecular formula is C22H20ClF4N9O3S. The first kappa shape index (κ1) is 27.7. The zero-order valence-electron chi connectivity index (χ0n) is 20.6. The number of amides is 1. The van der Waals surface area contributed by atoms with Crippen LogP contribution in [-0.2, 0) is 36.1 Å². The first-order chi connectivity index (χ1) is 18.8. The van der Waals surface area contributed by atoms with E-state index < -0.39 is 40.3 Å². The molecule has 40 heavy (non-hydrogen) atoms. The van der Waals surface area contributed by atoms with Gasteiger partial charge in [0.05, 0.1) is 29.5 Å². The van der Waals surface area contributed by atoms with E-state index in [1.165, 1.54) is 21.5 Å². The number of nitrogen functional groups attached to an aromatic ring is 1. The number of carbonyl (C=O) groups excluding carboxylic acids is 1. The average Bonchev–Trinajstić information content (AvgIpc) is 3.47. The third-order valence-corrected chi connectivity index (χ3v) is 8.08. The Morgan fingerprint density at radius 1 is 1.23 bits per heavy atom. The van der Waals surface area contributed by atoms with Gasteiger partial charge < -0.3 is 11.1 Å². The summed E-state index contributed by atoms with van der Waals surface area (Å²) in [6.07, 6.45) is 3.22. The highest BCUT2D eigenvalue weighted by Gasteiger charge is 2.50. The second-order valence-corrected chi connectivity index (χ2v) is 11.1. The molecule has 4 aromatic heterocycles. The molecule has 5 rings (SSSR count). The van der Waals surface area contributed by atoms with Crippen molar-refractivity contribution in [3.63, 3.8) is 0 Å². The number of fused-ring (bicyclic) bond motifs is 2. The maximum Gasteiger partial charge on any atom is 0.511 e. The molecule has 1 amide bonds. The minimum absolute atomic E-state index is 0.0896. The van der Waals surface area contributed by atoms with Gasteiger partial charge in [-0.05, 0) is 18.1 Å². The van der Waals surface area contributed by atoms with Crippen molar-refractivity contribution in [2.45, 2.75) is 38.5 Å². The number of hydrogen-bond donors (Lipinski definition) is 2. The number of nitrogens with one attached hydrogen (secondary N) is 1. The van der Waals surface area contributed by atoms with E-state index in [-0.39, 0.29) is 45.5 Å². The number of alkyl halides is 3. The van der Waals surface area contributed by atoms with Crippen molar-refractivity contribution in [3.05, 3.63) is 58.1 Å². The zero-order chi connectivity index (χ0) is 29.0. The van der Waals surface area contributed by atoms with Crippen molar-refractivity contribution < 1.29 is 30.8 Å². The molecule has 5 heterocycles. The van der Waals surface area contributed by atoms with Gasteiger partial charge in [-0.3, -0.25) is 9.20 Å². The number of sulfonamides is 1. The van der Waals surface area contributed by atoms with Gasteiger partial charge in [0.15, 0.2) is 5.82 Å². The van der Waals surface area contributed by atoms with E-state index in [4.69, 9.17) is 17.3 Å². The van der Waals surface area contributed by atoms with Gasteiger partial charge in [-0.15, -0.1) is 5.10 Å². The van der Waals surface area contributed by atoms with Crippen LogP contribution in [0, 0.1) is 5.82 Å². The smallest absolute Gasteiger partial charge is 0.397 e. The first-order valence-electron chi connectivity index (χ1n) is 11.7. The second kappa shape index (κ2) is 9.97. The summed E-state index contributed by atoms with van der Waals surface area (Å²) < 4.78 is 80.1. The van der Waals surface area contributed by atoms with Crippen LogP contribution in [0.1, 0.15) is 34.5 Å². The van der Waals surface area contributed by atoms with Crippen LogP contribution in [-0.4, -0.2) is 59.8 Å². The predicted octanol–water partition coefficient (Wildman–Crippen LogP) is 2.52. The van der Waals surface area contributed by atoms with Crippen LogP contribution in [0.15, 0.2) is 24.5 Å². The van der Waals surface area contributed by atoms with Gasteiger partial charge in [-0.25, -0.2) is 32.4 Å². The van der Waals surface area contributed by atoms with Gasteiger partial charge >= 0.3 is 15.5 Å². The van der Waals surface area contributed by atoms with Crippen LogP contribution in [0.2, 0.25) is 5.02 Å². The van der Waals surface area contributed by atoms with E-state index in [0.717, 1.165) is 6.07 Å². The molecule has 0 unspecified atom stereocenters. The summed E-state index contributed by atoms with van der Waals surface area (Å²) in [6.45, 7) is 0.374. The molecule has 0 spiro atoms. The topological polar surface area (TPSA) is 153 Å². The van der Waals surface area contributed by atoms with Crippen molar-refractivity contribution in [3.8, 4) is 11.5 Å². The highest BCUT2D eigenvalue weighted by Crippen LogP contribution is 2.30. The predicted molar refractivity (Wildman–Crippen MR) is 134 cm³/mol. The Bertz CT molecular complexity index is 1750. The third kappa shape index (κ3) is 4.84. The molecule has 0 saturated carbocycles. The minimum Gasteiger partial charge on any atom is -0.397 e. The fraction of sp³-hybridized carbons (Fsp3) is 0.318. The van der Waals surface area contributed by atoms with Gasteiger partial charge in [0.25, 0.3) is 5.91 Å². The molecule has 0 aromatic carbocycles. The largest absolute Gasteiger partial charge is 0.511 e. The molecule has 0 atom stereocenters. The molecule has 3 N–H and O–H groups in total. The SMILES string of the molecule is CCc1nc2cc(N)c(Cl)cn2c1C(=O)NCc1cnc(-c2nc3n(n2)CCN(S(=O)(=O)C(F)(F)F)C3)c(F)c1. The molecule has 0 radical (unpaired) electrons. The molecule has 0 aliphatic carbocycles. The van der Waals surface area contributed by atoms with Crippen LogP contribution in [0.5, 0.6) is 0 Å². The van der Waals surface area contributed by atoms with Crippen molar-refractivity contribution in [1.29, 1.82) is 0 Å². The number of hydrogen-bond acceptors (Lipinski definition) is 8. The van der Waals surface area contributed by atoms with Gasteiger partial charge in [-0.1, -0.05) is 18.5 Å². The number of halogens is 5. The van der Waals surface area contributed by atoms with Crippen LogP contribution >= 0.6 is 11.6 Å². The Balaban J connectivity index is 1.32. The van der Waals surface area contributed by atoms with E-state index in [2.05, 4.69) is 25.4 Å². The molecule has 18 heteroatoms. The number of rotatable bonds is 6. The fourth-order valence-electron chi connectivity index (χ4n) is 4.18. The molecule has 0 saturated heterocycles. The summed E-state index contributed by atoms with van der Waals surface area (Å²) in [5, 5.41) is 6.99. The van der Waals surface area contributed by atoms with Gasteiger partial charge in [0.2, 0.25) is 5.82 Å². The van der Waals surface area contributed by atoms with E-state index in [0.29, 0.717) is 29.0 Å². The Morgan fingerprint density at radius 3 is 2.65 bits per heavy atom. The van der Waals surface area contributed by atoms with E-state index in [9.17, 15) is 30.8 Å². The minimum atomic E-state index is -5.55. The quantitative estimate of drug-likeness (QED) is 0.320. The van der Waals surface area contributed by atoms with Crippen molar-refractivity contribution in [1.82, 2.24) is 38.8 Å². The highest BCUT2D eigenvalue weighted by atomic mass is 35.5. The molecule has 1 aliphatic heterocycles. The van der Waals surface area contributed by atoms with Crippen LogP contribution < -0.4 is 11.1 Å². The van der Waals surface area contributed by atoms with E-state index in [1.54, 1.807) is 6.07 Å². The van der Waals surface area contributed by atoms with Gasteiger partial charge in [-0.2, -0.15) is 17.5 Å². The Morgan fingerprint density at radius 2 is 1.98 bits per heavy atom. The third-order valence-electron chi connectivity index (χ3n) is 6.19. The molecule has 4 aromatic rings. The standard InChI is InChI=1S/C22H20ClF4N9O3S/c1-2-15-19(35-9-12(23)14(28)6-16(35)31-15)21(37)30-8-11-5-13(24)18(29-7-11)20-32-17-10-34(3-4-36(17)33-20)40(38,39)22(25,26)27/h5-7,9H,2-4,8,10,28H2,1H3,(H,30,37). The van der Waals surface area contributed by atoms with Gasteiger partial charge in [0, 0.05) is 31.5 Å². The van der Waals surface area contributed by atoms with Crippen molar-refractivity contribution in [2.75, 3.05) is 12.3 Å². The molecule has 12 nitrogen and oxygen atoms in total. The monoisotopic (exact) mass is 601 g/mol. The summed E-state index contributed by atoms with van der Waals surface area (Å²) in [5.41, 5.74) is 1.89. The summed E-state index contributed by atoms with van der Waals surface area (Å²) in [5.74, 6) is -1.64. The first-order valence-corrected chi connectivity index (χ1v) is 13.5. The van der Waals surface area contributed by atoms with Gasteiger partial charge in [0.1, 0.15) is 22.9 Å². The highest BCUT2D eigenvalue weighted by molar-refractivity contribution is 7.89. The Labute approximate surface area is 228 Å². The molecular weight excluding hydrogens is 582 g/mol. The van der Waals surface area contributed by atoms with Crippen LogP contribution in [0.25, 0.3) is 17.2 Å². The number of pyridine rings is 2. The summed E-state index contributed by atoms with van der Waals surface area (Å²) in [7, 11) is -5.55. The maximum absolute atomic E-state index is 15.0. The fourth-order valence-corrected chi connectivity index (χ4v) is 5.24. The summed E-state index contributed by atoms with van der Waals surface area (Å²) >= 11 is 6.11. The zero-order valence-corrected chi connectivity index (χ0v) is 22.1. The maximum atomic E-state index is 15.0. The Hall–Kier alpha value is -3.83. The number of aryl methyl sites for hydroxylation is 1. The van der Waals surface area contributed by atoms with E-state index >= 15 is 0 Å². The number of anilines is 1. The van der Waals surface area contributed by atoms with Crippen LogP contribution in [0.4, 0.5) is 23.2 Å². The number of imidazole rings is 1. The average molecular weight is 602 g/mol. The summed E-state index contributed by atoms with van der Waals surface area (Å²) in [6, 6.07) is 2.65. The lowest BCUT2D eigenvalue weighted by atomic mass is 10.2. The number of nitrogens with zero attached hydrogens (tertiary/aromatic N) is 7. The Kier molecular flexibility index (Phi) is 6.91. The molecule has 212 valence electrons. The number of carbonyl (C=O) groups is 1. The lowest BCUT2D eigenvalue weighted by molar-refractivity contribution is -0.0496. The second-order valence-electron chi connectivity index (χ2n) is 8.78. The molecule has 0 bridgehead atoms. The lowest BCUT2D eigenvalue weighted by Gasteiger charge is -2.26. The molecule has 1 aliphatic rings. The lowest BCUT2D eigenvalue weighted by Crippen LogP contribution is -2.44. The van der Waals surface area contributed by atoms with E-state index in [1.807, 2.05) is 6.92 Å². The number of aromatic nitrogens is 6. The number of nitrogens with two attached hydrogens (primary N) is 1. The van der Waals surface area contributed by atoms with Crippen molar-refractivity contribution in [2.24, 2.45) is 0 Å². The summed E-state index contributed by atoms with van der Waals surface area (Å²) in [4.78, 5) is 25.4. The molecule has 0 fully saturated rings.